The van der Waals surface area contributed by atoms with E-state index in [1.54, 1.807) is 30.6 Å². The second-order valence-corrected chi connectivity index (χ2v) is 6.87. The van der Waals surface area contributed by atoms with Crippen molar-refractivity contribution in [3.8, 4) is 0 Å². The van der Waals surface area contributed by atoms with Gasteiger partial charge in [0.25, 0.3) is 5.91 Å². The molecule has 3 heterocycles. The van der Waals surface area contributed by atoms with Crippen molar-refractivity contribution in [3.05, 3.63) is 83.9 Å². The maximum absolute atomic E-state index is 13.0. The van der Waals surface area contributed by atoms with Crippen LogP contribution in [0.4, 0.5) is 16.0 Å². The summed E-state index contributed by atoms with van der Waals surface area (Å²) in [6.45, 7) is 3.66. The summed E-state index contributed by atoms with van der Waals surface area (Å²) in [4.78, 5) is 25.8. The Morgan fingerprint density at radius 2 is 1.59 bits per heavy atom. The van der Waals surface area contributed by atoms with Gasteiger partial charge < -0.3 is 15.1 Å². The van der Waals surface area contributed by atoms with E-state index in [1.165, 1.54) is 12.1 Å². The number of pyridine rings is 2. The Hall–Kier alpha value is -3.48. The van der Waals surface area contributed by atoms with Crippen molar-refractivity contribution in [3.63, 3.8) is 0 Å². The molecular weight excluding hydrogens is 369 g/mol. The first-order chi connectivity index (χ1) is 14.2. The number of nitrogens with one attached hydrogen (secondary N) is 1. The van der Waals surface area contributed by atoms with Crippen LogP contribution < -0.4 is 15.1 Å². The third-order valence-electron chi connectivity index (χ3n) is 4.95. The SMILES string of the molecule is O=C(NCc1ccc(F)cc1)c1ccnc(N2CCN(c3ccccn3)CC2)c1. The lowest BCUT2D eigenvalue weighted by Gasteiger charge is -2.36. The predicted octanol–water partition coefficient (Wildman–Crippen LogP) is 2.87. The molecule has 0 unspecified atom stereocenters. The fourth-order valence-electron chi connectivity index (χ4n) is 3.32. The second kappa shape index (κ2) is 8.68. The van der Waals surface area contributed by atoms with E-state index in [9.17, 15) is 9.18 Å². The largest absolute Gasteiger partial charge is 0.353 e. The molecule has 0 saturated carbocycles. The molecule has 29 heavy (non-hydrogen) atoms. The molecule has 1 aliphatic rings. The van der Waals surface area contributed by atoms with Crippen molar-refractivity contribution in [1.29, 1.82) is 0 Å². The van der Waals surface area contributed by atoms with Crippen molar-refractivity contribution < 1.29 is 9.18 Å². The normalized spacial score (nSPS) is 14.0. The first-order valence-corrected chi connectivity index (χ1v) is 9.59. The van der Waals surface area contributed by atoms with Crippen LogP contribution >= 0.6 is 0 Å². The quantitative estimate of drug-likeness (QED) is 0.725. The van der Waals surface area contributed by atoms with Crippen LogP contribution in [0.5, 0.6) is 0 Å². The summed E-state index contributed by atoms with van der Waals surface area (Å²) in [5.41, 5.74) is 1.41. The van der Waals surface area contributed by atoms with Crippen LogP contribution in [0.2, 0.25) is 0 Å². The van der Waals surface area contributed by atoms with Gasteiger partial charge in [-0.3, -0.25) is 4.79 Å². The molecule has 1 saturated heterocycles. The Bertz CT molecular complexity index is 956. The molecule has 1 aliphatic heterocycles. The van der Waals surface area contributed by atoms with Gasteiger partial charge in [-0.15, -0.1) is 0 Å². The molecule has 2 aromatic heterocycles. The molecule has 1 N–H and O–H groups in total. The van der Waals surface area contributed by atoms with Crippen molar-refractivity contribution in [2.75, 3.05) is 36.0 Å². The van der Waals surface area contributed by atoms with E-state index >= 15 is 0 Å². The molecule has 0 atom stereocenters. The minimum absolute atomic E-state index is 0.176. The van der Waals surface area contributed by atoms with Crippen LogP contribution in [0.25, 0.3) is 0 Å². The molecule has 6 nitrogen and oxygen atoms in total. The summed E-state index contributed by atoms with van der Waals surface area (Å²) in [7, 11) is 0. The monoisotopic (exact) mass is 391 g/mol. The highest BCUT2D eigenvalue weighted by molar-refractivity contribution is 5.94. The smallest absolute Gasteiger partial charge is 0.251 e. The Morgan fingerprint density at radius 1 is 0.897 bits per heavy atom. The van der Waals surface area contributed by atoms with Crippen LogP contribution in [-0.4, -0.2) is 42.1 Å². The summed E-state index contributed by atoms with van der Waals surface area (Å²) < 4.78 is 13.0. The highest BCUT2D eigenvalue weighted by Crippen LogP contribution is 2.18. The average molecular weight is 391 g/mol. The molecule has 1 amide bonds. The summed E-state index contributed by atoms with van der Waals surface area (Å²) in [6.07, 6.45) is 3.46. The topological polar surface area (TPSA) is 61.4 Å². The lowest BCUT2D eigenvalue weighted by atomic mass is 10.2. The van der Waals surface area contributed by atoms with Gasteiger partial charge in [-0.05, 0) is 42.0 Å². The highest BCUT2D eigenvalue weighted by Gasteiger charge is 2.19. The summed E-state index contributed by atoms with van der Waals surface area (Å²) in [5, 5.41) is 2.87. The number of benzene rings is 1. The molecule has 3 aromatic rings. The van der Waals surface area contributed by atoms with Crippen LogP contribution in [0, 0.1) is 5.82 Å². The molecule has 4 rings (SSSR count). The minimum Gasteiger partial charge on any atom is -0.353 e. The number of anilines is 2. The Balaban J connectivity index is 1.36. The van der Waals surface area contributed by atoms with E-state index in [0.717, 1.165) is 43.4 Å². The van der Waals surface area contributed by atoms with Gasteiger partial charge in [0.05, 0.1) is 0 Å². The molecule has 1 fully saturated rings. The van der Waals surface area contributed by atoms with Crippen molar-refractivity contribution in [1.82, 2.24) is 15.3 Å². The van der Waals surface area contributed by atoms with Gasteiger partial charge in [-0.25, -0.2) is 14.4 Å². The predicted molar refractivity (Wildman–Crippen MR) is 110 cm³/mol. The number of hydrogen-bond acceptors (Lipinski definition) is 5. The van der Waals surface area contributed by atoms with Crippen molar-refractivity contribution in [2.45, 2.75) is 6.54 Å². The molecule has 0 aliphatic carbocycles. The Morgan fingerprint density at radius 3 is 2.28 bits per heavy atom. The van der Waals surface area contributed by atoms with E-state index in [1.807, 2.05) is 24.3 Å². The van der Waals surface area contributed by atoms with E-state index in [0.29, 0.717) is 12.1 Å². The fraction of sp³-hybridized carbons (Fsp3) is 0.227. The maximum atomic E-state index is 13.0. The lowest BCUT2D eigenvalue weighted by molar-refractivity contribution is 0.0951. The summed E-state index contributed by atoms with van der Waals surface area (Å²) >= 11 is 0. The standard InChI is InChI=1S/C22H22FN5O/c23-19-6-4-17(5-7-19)16-26-22(29)18-8-10-25-21(15-18)28-13-11-27(12-14-28)20-3-1-2-9-24-20/h1-10,15H,11-14,16H2,(H,26,29). The number of nitrogens with zero attached hydrogens (tertiary/aromatic N) is 4. The second-order valence-electron chi connectivity index (χ2n) is 6.87. The van der Waals surface area contributed by atoms with Gasteiger partial charge in [0.15, 0.2) is 0 Å². The molecule has 7 heteroatoms. The van der Waals surface area contributed by atoms with E-state index in [4.69, 9.17) is 0 Å². The third-order valence-corrected chi connectivity index (χ3v) is 4.95. The molecular formula is C22H22FN5O. The lowest BCUT2D eigenvalue weighted by Crippen LogP contribution is -2.47. The van der Waals surface area contributed by atoms with Gasteiger partial charge in [-0.1, -0.05) is 18.2 Å². The average Bonchev–Trinajstić information content (AvgIpc) is 2.79. The third kappa shape index (κ3) is 4.68. The van der Waals surface area contributed by atoms with Crippen LogP contribution in [0.1, 0.15) is 15.9 Å². The molecule has 0 spiro atoms. The van der Waals surface area contributed by atoms with Gasteiger partial charge in [0, 0.05) is 50.7 Å². The number of carbonyl (C=O) groups excluding carboxylic acids is 1. The Kier molecular flexibility index (Phi) is 5.65. The van der Waals surface area contributed by atoms with E-state index < -0.39 is 0 Å². The number of amides is 1. The zero-order valence-corrected chi connectivity index (χ0v) is 16.0. The van der Waals surface area contributed by atoms with Gasteiger partial charge >= 0.3 is 0 Å². The highest BCUT2D eigenvalue weighted by atomic mass is 19.1. The van der Waals surface area contributed by atoms with Crippen LogP contribution in [-0.2, 0) is 6.54 Å². The first kappa shape index (κ1) is 18.9. The summed E-state index contributed by atoms with van der Waals surface area (Å²) in [6, 6.07) is 15.5. The maximum Gasteiger partial charge on any atom is 0.251 e. The zero-order chi connectivity index (χ0) is 20.1. The van der Waals surface area contributed by atoms with Crippen molar-refractivity contribution in [2.24, 2.45) is 0 Å². The molecule has 0 radical (unpaired) electrons. The molecule has 148 valence electrons. The number of hydrogen-bond donors (Lipinski definition) is 1. The first-order valence-electron chi connectivity index (χ1n) is 9.59. The molecule has 1 aromatic carbocycles. The van der Waals surface area contributed by atoms with Gasteiger partial charge in [0.2, 0.25) is 0 Å². The van der Waals surface area contributed by atoms with Crippen molar-refractivity contribution >= 4 is 17.5 Å². The number of piperazine rings is 1. The number of carbonyl (C=O) groups is 1. The van der Waals surface area contributed by atoms with Gasteiger partial charge in [-0.2, -0.15) is 0 Å². The molecule has 0 bridgehead atoms. The van der Waals surface area contributed by atoms with Crippen LogP contribution in [0.15, 0.2) is 67.0 Å². The number of rotatable bonds is 5. The zero-order valence-electron chi connectivity index (χ0n) is 16.0. The number of halogens is 1. The van der Waals surface area contributed by atoms with E-state index in [-0.39, 0.29) is 11.7 Å². The number of aromatic nitrogens is 2. The Labute approximate surface area is 169 Å². The minimum atomic E-state index is -0.290. The summed E-state index contributed by atoms with van der Waals surface area (Å²) in [5.74, 6) is 1.31. The van der Waals surface area contributed by atoms with Crippen LogP contribution in [0.3, 0.4) is 0 Å². The van der Waals surface area contributed by atoms with E-state index in [2.05, 4.69) is 25.1 Å². The fourth-order valence-corrected chi connectivity index (χ4v) is 3.32. The van der Waals surface area contributed by atoms with Gasteiger partial charge in [0.1, 0.15) is 17.5 Å².